The first-order valence-corrected chi connectivity index (χ1v) is 8.28. The van der Waals surface area contributed by atoms with Gasteiger partial charge in [0.15, 0.2) is 11.6 Å². The van der Waals surface area contributed by atoms with E-state index in [-0.39, 0.29) is 11.8 Å². The third-order valence-electron chi connectivity index (χ3n) is 5.18. The molecule has 0 N–H and O–H groups in total. The second-order valence-corrected chi connectivity index (χ2v) is 6.58. The standard InChI is InChI=1S/C20H23F2N/c1-14(18-12-7-13-23(18)2)19(15-8-4-3-5-9-15)16-10-6-11-17(21)20(16)22/h3-6,8-11,14,18-19H,7,12-13H2,1-2H3/t14-,18+,19+/m0/s1. The van der Waals surface area contributed by atoms with Crippen molar-refractivity contribution in [3.05, 3.63) is 71.3 Å². The molecule has 1 heterocycles. The van der Waals surface area contributed by atoms with E-state index in [0.29, 0.717) is 11.6 Å². The highest BCUT2D eigenvalue weighted by molar-refractivity contribution is 5.35. The van der Waals surface area contributed by atoms with Crippen molar-refractivity contribution in [1.29, 1.82) is 0 Å². The predicted molar refractivity (Wildman–Crippen MR) is 89.5 cm³/mol. The van der Waals surface area contributed by atoms with Gasteiger partial charge in [-0.15, -0.1) is 0 Å². The highest BCUT2D eigenvalue weighted by Gasteiger charge is 2.34. The summed E-state index contributed by atoms with van der Waals surface area (Å²) in [4.78, 5) is 2.35. The van der Waals surface area contributed by atoms with Crippen LogP contribution in [0.1, 0.15) is 36.8 Å². The maximum atomic E-state index is 14.5. The van der Waals surface area contributed by atoms with Crippen LogP contribution in [0.4, 0.5) is 8.78 Å². The highest BCUT2D eigenvalue weighted by atomic mass is 19.2. The highest BCUT2D eigenvalue weighted by Crippen LogP contribution is 2.39. The van der Waals surface area contributed by atoms with Gasteiger partial charge in [0, 0.05) is 12.0 Å². The monoisotopic (exact) mass is 315 g/mol. The minimum Gasteiger partial charge on any atom is -0.303 e. The van der Waals surface area contributed by atoms with Crippen LogP contribution in [0.25, 0.3) is 0 Å². The average molecular weight is 315 g/mol. The molecule has 0 radical (unpaired) electrons. The molecule has 3 rings (SSSR count). The summed E-state index contributed by atoms with van der Waals surface area (Å²) in [6, 6.07) is 14.8. The van der Waals surface area contributed by atoms with Crippen LogP contribution in [-0.2, 0) is 0 Å². The lowest BCUT2D eigenvalue weighted by molar-refractivity contribution is 0.222. The third kappa shape index (κ3) is 3.16. The molecular weight excluding hydrogens is 292 g/mol. The Balaban J connectivity index is 2.05. The molecule has 0 bridgehead atoms. The van der Waals surface area contributed by atoms with Gasteiger partial charge < -0.3 is 4.90 Å². The number of rotatable bonds is 4. The van der Waals surface area contributed by atoms with Gasteiger partial charge in [0.25, 0.3) is 0 Å². The van der Waals surface area contributed by atoms with Crippen LogP contribution in [-0.4, -0.2) is 24.5 Å². The zero-order valence-electron chi connectivity index (χ0n) is 13.7. The smallest absolute Gasteiger partial charge is 0.162 e. The van der Waals surface area contributed by atoms with Crippen molar-refractivity contribution in [2.24, 2.45) is 5.92 Å². The van der Waals surface area contributed by atoms with Gasteiger partial charge in [0.05, 0.1) is 0 Å². The Morgan fingerprint density at radius 3 is 2.43 bits per heavy atom. The molecule has 23 heavy (non-hydrogen) atoms. The SMILES string of the molecule is C[C@H]([C@H](c1ccccc1)c1cccc(F)c1F)[C@H]1CCCN1C. The summed E-state index contributed by atoms with van der Waals surface area (Å²) in [7, 11) is 2.12. The second-order valence-electron chi connectivity index (χ2n) is 6.58. The summed E-state index contributed by atoms with van der Waals surface area (Å²) >= 11 is 0. The normalized spacial score (nSPS) is 21.3. The van der Waals surface area contributed by atoms with Crippen molar-refractivity contribution < 1.29 is 8.78 Å². The second kappa shape index (κ2) is 6.79. The Bertz CT molecular complexity index is 656. The fourth-order valence-corrected chi connectivity index (χ4v) is 4.01. The van der Waals surface area contributed by atoms with Crippen LogP contribution in [0.15, 0.2) is 48.5 Å². The molecule has 3 heteroatoms. The molecule has 2 aromatic carbocycles. The van der Waals surface area contributed by atoms with Crippen molar-refractivity contribution in [3.8, 4) is 0 Å². The van der Waals surface area contributed by atoms with Gasteiger partial charge in [0.1, 0.15) is 0 Å². The molecular formula is C20H23F2N. The Morgan fingerprint density at radius 1 is 1.04 bits per heavy atom. The van der Waals surface area contributed by atoms with Crippen molar-refractivity contribution >= 4 is 0 Å². The average Bonchev–Trinajstić information content (AvgIpc) is 2.99. The van der Waals surface area contributed by atoms with E-state index in [1.54, 1.807) is 12.1 Å². The van der Waals surface area contributed by atoms with Gasteiger partial charge in [-0.2, -0.15) is 0 Å². The molecule has 1 saturated heterocycles. The van der Waals surface area contributed by atoms with E-state index in [0.717, 1.165) is 18.5 Å². The molecule has 0 saturated carbocycles. The molecule has 1 fully saturated rings. The van der Waals surface area contributed by atoms with E-state index in [2.05, 4.69) is 18.9 Å². The number of halogens is 2. The van der Waals surface area contributed by atoms with E-state index < -0.39 is 11.6 Å². The molecule has 1 aliphatic heterocycles. The fourth-order valence-electron chi connectivity index (χ4n) is 4.01. The van der Waals surface area contributed by atoms with Gasteiger partial charge in [-0.25, -0.2) is 8.78 Å². The number of benzene rings is 2. The third-order valence-corrected chi connectivity index (χ3v) is 5.18. The zero-order valence-corrected chi connectivity index (χ0v) is 13.7. The lowest BCUT2D eigenvalue weighted by Crippen LogP contribution is -2.35. The molecule has 1 aliphatic rings. The lowest BCUT2D eigenvalue weighted by atomic mass is 9.77. The van der Waals surface area contributed by atoms with Crippen molar-refractivity contribution in [2.75, 3.05) is 13.6 Å². The van der Waals surface area contributed by atoms with Crippen LogP contribution in [0.5, 0.6) is 0 Å². The summed E-state index contributed by atoms with van der Waals surface area (Å²) < 4.78 is 28.3. The number of hydrogen-bond donors (Lipinski definition) is 0. The van der Waals surface area contributed by atoms with Crippen molar-refractivity contribution in [1.82, 2.24) is 4.90 Å². The maximum Gasteiger partial charge on any atom is 0.162 e. The lowest BCUT2D eigenvalue weighted by Gasteiger charge is -2.33. The molecule has 0 aliphatic carbocycles. The number of hydrogen-bond acceptors (Lipinski definition) is 1. The van der Waals surface area contributed by atoms with Gasteiger partial charge >= 0.3 is 0 Å². The quantitative estimate of drug-likeness (QED) is 0.781. The first kappa shape index (κ1) is 16.1. The topological polar surface area (TPSA) is 3.24 Å². The van der Waals surface area contributed by atoms with E-state index >= 15 is 0 Å². The van der Waals surface area contributed by atoms with Crippen molar-refractivity contribution in [2.45, 2.75) is 31.7 Å². The minimum atomic E-state index is -0.768. The molecule has 0 spiro atoms. The van der Waals surface area contributed by atoms with Crippen LogP contribution in [0.3, 0.4) is 0 Å². The zero-order chi connectivity index (χ0) is 16.4. The van der Waals surface area contributed by atoms with Gasteiger partial charge in [-0.05, 0) is 49.5 Å². The first-order chi connectivity index (χ1) is 11.1. The predicted octanol–water partition coefficient (Wildman–Crippen LogP) is 4.83. The van der Waals surface area contributed by atoms with E-state index in [1.165, 1.54) is 12.5 Å². The molecule has 3 atom stereocenters. The van der Waals surface area contributed by atoms with Crippen LogP contribution < -0.4 is 0 Å². The van der Waals surface area contributed by atoms with Crippen molar-refractivity contribution in [3.63, 3.8) is 0 Å². The molecule has 2 aromatic rings. The van der Waals surface area contributed by atoms with Gasteiger partial charge in [0.2, 0.25) is 0 Å². The van der Waals surface area contributed by atoms with Gasteiger partial charge in [-0.1, -0.05) is 49.4 Å². The Labute approximate surface area is 136 Å². The first-order valence-electron chi connectivity index (χ1n) is 8.28. The van der Waals surface area contributed by atoms with Crippen LogP contribution in [0.2, 0.25) is 0 Å². The Morgan fingerprint density at radius 2 is 1.78 bits per heavy atom. The summed E-state index contributed by atoms with van der Waals surface area (Å²) in [5.74, 6) is -1.41. The van der Waals surface area contributed by atoms with Crippen LogP contribution >= 0.6 is 0 Å². The van der Waals surface area contributed by atoms with E-state index in [9.17, 15) is 8.78 Å². The minimum absolute atomic E-state index is 0.141. The van der Waals surface area contributed by atoms with Crippen LogP contribution in [0, 0.1) is 17.6 Å². The molecule has 122 valence electrons. The molecule has 1 nitrogen and oxygen atoms in total. The van der Waals surface area contributed by atoms with E-state index in [1.807, 2.05) is 30.3 Å². The number of nitrogens with zero attached hydrogens (tertiary/aromatic N) is 1. The molecule has 0 aromatic heterocycles. The summed E-state index contributed by atoms with van der Waals surface area (Å²) in [5.41, 5.74) is 1.51. The Kier molecular flexibility index (Phi) is 4.76. The fraction of sp³-hybridized carbons (Fsp3) is 0.400. The largest absolute Gasteiger partial charge is 0.303 e. The summed E-state index contributed by atoms with van der Waals surface area (Å²) in [5, 5.41) is 0. The molecule has 0 unspecified atom stereocenters. The Hall–Kier alpha value is -1.74. The van der Waals surface area contributed by atoms with Gasteiger partial charge in [-0.3, -0.25) is 0 Å². The summed E-state index contributed by atoms with van der Waals surface area (Å²) in [6.07, 6.45) is 2.27. The number of likely N-dealkylation sites (tertiary alicyclic amines) is 1. The maximum absolute atomic E-state index is 14.5. The van der Waals surface area contributed by atoms with E-state index in [4.69, 9.17) is 0 Å². The molecule has 0 amide bonds. The summed E-state index contributed by atoms with van der Waals surface area (Å²) in [6.45, 7) is 3.23.